The first-order valence-corrected chi connectivity index (χ1v) is 10.4. The number of aryl methyl sites for hydroxylation is 1. The van der Waals surface area contributed by atoms with Crippen LogP contribution in [0.5, 0.6) is 11.5 Å². The number of carbonyl (C=O) groups is 2. The molecule has 29 heavy (non-hydrogen) atoms. The van der Waals surface area contributed by atoms with Gasteiger partial charge in [-0.1, -0.05) is 43.7 Å². The minimum absolute atomic E-state index is 0.192. The summed E-state index contributed by atoms with van der Waals surface area (Å²) in [6.07, 6.45) is 0. The molecule has 152 valence electrons. The fourth-order valence-corrected chi connectivity index (χ4v) is 4.01. The van der Waals surface area contributed by atoms with Crippen molar-refractivity contribution in [2.45, 2.75) is 26.0 Å². The number of rotatable bonds is 8. The SMILES string of the molecule is COc1ccc(OCCN2C(=O)C(SC(C)C)=C(c3ccc(C)cc3)C2=O)cc1. The van der Waals surface area contributed by atoms with Gasteiger partial charge >= 0.3 is 0 Å². The van der Waals surface area contributed by atoms with Crippen LogP contribution in [0.25, 0.3) is 5.57 Å². The van der Waals surface area contributed by atoms with E-state index in [-0.39, 0.29) is 30.2 Å². The number of nitrogens with zero attached hydrogens (tertiary/aromatic N) is 1. The van der Waals surface area contributed by atoms with E-state index in [1.807, 2.05) is 45.0 Å². The van der Waals surface area contributed by atoms with Crippen LogP contribution in [-0.4, -0.2) is 42.2 Å². The molecular formula is C23H25NO4S. The first kappa shape index (κ1) is 21.0. The van der Waals surface area contributed by atoms with Crippen molar-refractivity contribution in [1.29, 1.82) is 0 Å². The van der Waals surface area contributed by atoms with Crippen molar-refractivity contribution in [3.05, 3.63) is 64.6 Å². The molecule has 0 fully saturated rings. The highest BCUT2D eigenvalue weighted by molar-refractivity contribution is 8.04. The molecule has 1 aliphatic heterocycles. The second kappa shape index (κ2) is 9.18. The predicted octanol–water partition coefficient (Wildman–Crippen LogP) is 4.30. The van der Waals surface area contributed by atoms with Gasteiger partial charge in [-0.25, -0.2) is 0 Å². The van der Waals surface area contributed by atoms with Crippen molar-refractivity contribution in [2.75, 3.05) is 20.3 Å². The summed E-state index contributed by atoms with van der Waals surface area (Å²) in [5.41, 5.74) is 2.36. The molecule has 0 N–H and O–H groups in total. The molecule has 0 radical (unpaired) electrons. The number of imide groups is 1. The molecule has 0 unspecified atom stereocenters. The maximum Gasteiger partial charge on any atom is 0.268 e. The third-order valence-electron chi connectivity index (χ3n) is 4.46. The molecule has 2 amide bonds. The molecule has 5 nitrogen and oxygen atoms in total. The fourth-order valence-electron chi connectivity index (χ4n) is 3.00. The van der Waals surface area contributed by atoms with Gasteiger partial charge in [0.2, 0.25) is 0 Å². The molecule has 0 bridgehead atoms. The zero-order valence-electron chi connectivity index (χ0n) is 17.1. The molecule has 1 aliphatic rings. The standard InChI is InChI=1S/C23H25NO4S/c1-15(2)29-21-20(17-7-5-16(3)6-8-17)22(25)24(23(21)26)13-14-28-19-11-9-18(27-4)10-12-19/h5-12,15H,13-14H2,1-4H3. The summed E-state index contributed by atoms with van der Waals surface area (Å²) in [4.78, 5) is 27.9. The highest BCUT2D eigenvalue weighted by Crippen LogP contribution is 2.37. The van der Waals surface area contributed by atoms with Gasteiger partial charge in [0, 0.05) is 5.25 Å². The van der Waals surface area contributed by atoms with Crippen LogP contribution in [0.15, 0.2) is 53.4 Å². The van der Waals surface area contributed by atoms with E-state index in [9.17, 15) is 9.59 Å². The number of thioether (sulfide) groups is 1. The number of methoxy groups -OCH3 is 1. The van der Waals surface area contributed by atoms with Gasteiger partial charge in [-0.15, -0.1) is 11.8 Å². The van der Waals surface area contributed by atoms with Gasteiger partial charge in [0.05, 0.1) is 24.1 Å². The lowest BCUT2D eigenvalue weighted by Gasteiger charge is -2.16. The Hall–Kier alpha value is -2.73. The van der Waals surface area contributed by atoms with Gasteiger partial charge < -0.3 is 9.47 Å². The van der Waals surface area contributed by atoms with E-state index in [1.54, 1.807) is 31.4 Å². The summed E-state index contributed by atoms with van der Waals surface area (Å²) in [6, 6.07) is 14.9. The Bertz CT molecular complexity index is 917. The molecule has 1 heterocycles. The molecule has 2 aromatic rings. The highest BCUT2D eigenvalue weighted by Gasteiger charge is 2.39. The van der Waals surface area contributed by atoms with Crippen molar-refractivity contribution in [3.8, 4) is 11.5 Å². The third kappa shape index (κ3) is 4.82. The van der Waals surface area contributed by atoms with Crippen LogP contribution in [0.4, 0.5) is 0 Å². The molecule has 0 atom stereocenters. The monoisotopic (exact) mass is 411 g/mol. The summed E-state index contributed by atoms with van der Waals surface area (Å²) in [7, 11) is 1.60. The van der Waals surface area contributed by atoms with E-state index >= 15 is 0 Å². The van der Waals surface area contributed by atoms with E-state index in [2.05, 4.69) is 0 Å². The van der Waals surface area contributed by atoms with Crippen LogP contribution < -0.4 is 9.47 Å². The lowest BCUT2D eigenvalue weighted by Crippen LogP contribution is -2.35. The van der Waals surface area contributed by atoms with Gasteiger partial charge in [0.15, 0.2) is 0 Å². The molecule has 0 spiro atoms. The Morgan fingerprint density at radius 3 is 2.14 bits per heavy atom. The first-order valence-electron chi connectivity index (χ1n) is 9.51. The summed E-state index contributed by atoms with van der Waals surface area (Å²) in [5, 5.41) is 0.192. The van der Waals surface area contributed by atoms with E-state index in [4.69, 9.17) is 9.47 Å². The highest BCUT2D eigenvalue weighted by atomic mass is 32.2. The molecule has 2 aromatic carbocycles. The minimum Gasteiger partial charge on any atom is -0.497 e. The number of hydrogen-bond acceptors (Lipinski definition) is 5. The van der Waals surface area contributed by atoms with Gasteiger partial charge in [0.1, 0.15) is 18.1 Å². The first-order chi connectivity index (χ1) is 13.9. The Kier molecular flexibility index (Phi) is 6.64. The summed E-state index contributed by atoms with van der Waals surface area (Å²) < 4.78 is 10.8. The number of ether oxygens (including phenoxy) is 2. The zero-order valence-corrected chi connectivity index (χ0v) is 17.9. The molecule has 0 saturated heterocycles. The van der Waals surface area contributed by atoms with Crippen LogP contribution in [0.3, 0.4) is 0 Å². The average Bonchev–Trinajstić information content (AvgIpc) is 2.93. The van der Waals surface area contributed by atoms with Gasteiger partial charge in [-0.05, 0) is 36.8 Å². The van der Waals surface area contributed by atoms with Gasteiger partial charge in [0.25, 0.3) is 11.8 Å². The largest absolute Gasteiger partial charge is 0.497 e. The Labute approximate surface area is 175 Å². The lowest BCUT2D eigenvalue weighted by atomic mass is 10.0. The molecule has 3 rings (SSSR count). The summed E-state index contributed by atoms with van der Waals surface area (Å²) in [6.45, 7) is 6.44. The topological polar surface area (TPSA) is 55.8 Å². The summed E-state index contributed by atoms with van der Waals surface area (Å²) >= 11 is 1.43. The fraction of sp³-hybridized carbons (Fsp3) is 0.304. The second-order valence-electron chi connectivity index (χ2n) is 7.02. The van der Waals surface area contributed by atoms with E-state index in [0.717, 1.165) is 16.9 Å². The maximum atomic E-state index is 13.1. The molecular weight excluding hydrogens is 386 g/mol. The van der Waals surface area contributed by atoms with E-state index in [1.165, 1.54) is 16.7 Å². The van der Waals surface area contributed by atoms with Crippen LogP contribution in [0.2, 0.25) is 0 Å². The average molecular weight is 412 g/mol. The number of amides is 2. The van der Waals surface area contributed by atoms with Crippen LogP contribution >= 0.6 is 11.8 Å². The zero-order chi connectivity index (χ0) is 21.0. The lowest BCUT2D eigenvalue weighted by molar-refractivity contribution is -0.136. The Morgan fingerprint density at radius 2 is 1.55 bits per heavy atom. The van der Waals surface area contributed by atoms with E-state index < -0.39 is 0 Å². The molecule has 0 saturated carbocycles. The van der Waals surface area contributed by atoms with Crippen LogP contribution in [0.1, 0.15) is 25.0 Å². The molecule has 0 aliphatic carbocycles. The smallest absolute Gasteiger partial charge is 0.268 e. The van der Waals surface area contributed by atoms with Gasteiger partial charge in [-0.3, -0.25) is 14.5 Å². The van der Waals surface area contributed by atoms with Crippen molar-refractivity contribution < 1.29 is 19.1 Å². The normalized spacial score (nSPS) is 14.2. The third-order valence-corrected chi connectivity index (χ3v) is 5.55. The van der Waals surface area contributed by atoms with Crippen molar-refractivity contribution in [1.82, 2.24) is 4.90 Å². The second-order valence-corrected chi connectivity index (χ2v) is 8.61. The van der Waals surface area contributed by atoms with Crippen molar-refractivity contribution in [3.63, 3.8) is 0 Å². The Balaban J connectivity index is 1.74. The number of carbonyl (C=O) groups excluding carboxylic acids is 2. The van der Waals surface area contributed by atoms with Gasteiger partial charge in [-0.2, -0.15) is 0 Å². The van der Waals surface area contributed by atoms with Crippen molar-refractivity contribution >= 4 is 29.1 Å². The predicted molar refractivity (Wildman–Crippen MR) is 116 cm³/mol. The van der Waals surface area contributed by atoms with E-state index in [0.29, 0.717) is 16.2 Å². The maximum absolute atomic E-state index is 13.1. The Morgan fingerprint density at radius 1 is 0.931 bits per heavy atom. The summed E-state index contributed by atoms with van der Waals surface area (Å²) in [5.74, 6) is 0.890. The minimum atomic E-state index is -0.264. The van der Waals surface area contributed by atoms with Crippen LogP contribution in [0, 0.1) is 6.92 Å². The molecule has 6 heteroatoms. The molecule has 0 aromatic heterocycles. The quantitative estimate of drug-likeness (QED) is 0.606. The van der Waals surface area contributed by atoms with Crippen molar-refractivity contribution in [2.24, 2.45) is 0 Å². The van der Waals surface area contributed by atoms with Crippen LogP contribution in [-0.2, 0) is 9.59 Å². The number of benzene rings is 2. The number of hydrogen-bond donors (Lipinski definition) is 0.